The fourth-order valence-electron chi connectivity index (χ4n) is 5.53. The van der Waals surface area contributed by atoms with Gasteiger partial charge >= 0.3 is 0 Å². The molecule has 1 aliphatic heterocycles. The van der Waals surface area contributed by atoms with Crippen LogP contribution in [0.5, 0.6) is 11.5 Å². The Morgan fingerprint density at radius 1 is 1.16 bits per heavy atom. The van der Waals surface area contributed by atoms with Gasteiger partial charge in [0.2, 0.25) is 5.91 Å². The Bertz CT molecular complexity index is 1280. The van der Waals surface area contributed by atoms with Gasteiger partial charge in [0.25, 0.3) is 5.91 Å². The fraction of sp³-hybridized carbons (Fsp3) is 0.345. The summed E-state index contributed by atoms with van der Waals surface area (Å²) in [6.07, 6.45) is 8.05. The monoisotopic (exact) mass is 516 g/mol. The smallest absolute Gasteiger partial charge is 0.261 e. The molecule has 1 aromatic heterocycles. The summed E-state index contributed by atoms with van der Waals surface area (Å²) in [4.78, 5) is 31.6. The standard InChI is InChI=1S/C29H32N4O3S/c1-31-24(34)9-5-15-33-16-6-14-29(19-33)17-21(18-29)28-32-25(26(37-28)27(30)35)20-10-12-23(13-11-20)36-22-7-3-2-4-8-22/h2-5,7-13,21H,6,14-19H2,1H3,(H2,30,35)(H,31,34)/b9-5+. The molecule has 2 aliphatic rings. The number of carbonyl (C=O) groups excluding carboxylic acids is 2. The minimum atomic E-state index is -0.441. The summed E-state index contributed by atoms with van der Waals surface area (Å²) in [7, 11) is 1.64. The van der Waals surface area contributed by atoms with Crippen molar-refractivity contribution in [1.82, 2.24) is 15.2 Å². The normalized spacial score (nSPS) is 21.6. The number of piperidine rings is 1. The van der Waals surface area contributed by atoms with Crippen molar-refractivity contribution in [3.05, 3.63) is 76.6 Å². The van der Waals surface area contributed by atoms with Crippen molar-refractivity contribution in [2.24, 2.45) is 11.1 Å². The molecule has 1 spiro atoms. The van der Waals surface area contributed by atoms with Crippen LogP contribution < -0.4 is 15.8 Å². The van der Waals surface area contributed by atoms with Gasteiger partial charge in [-0.25, -0.2) is 4.98 Å². The van der Waals surface area contributed by atoms with Crippen LogP contribution in [-0.4, -0.2) is 48.4 Å². The summed E-state index contributed by atoms with van der Waals surface area (Å²) in [6, 6.07) is 17.3. The molecule has 2 aromatic carbocycles. The van der Waals surface area contributed by atoms with Gasteiger partial charge in [0.05, 0.1) is 10.7 Å². The number of likely N-dealkylation sites (N-methyl/N-ethyl adjacent to an activating group) is 1. The number of primary amides is 1. The van der Waals surface area contributed by atoms with E-state index in [1.807, 2.05) is 60.7 Å². The van der Waals surface area contributed by atoms with Crippen molar-refractivity contribution in [2.75, 3.05) is 26.7 Å². The maximum atomic E-state index is 12.3. The van der Waals surface area contributed by atoms with Crippen LogP contribution in [0.25, 0.3) is 11.3 Å². The third-order valence-corrected chi connectivity index (χ3v) is 8.53. The average Bonchev–Trinajstić information content (AvgIpc) is 3.34. The molecule has 3 N–H and O–H groups in total. The Hall–Kier alpha value is -3.49. The number of para-hydroxylation sites is 1. The average molecular weight is 517 g/mol. The largest absolute Gasteiger partial charge is 0.457 e. The summed E-state index contributed by atoms with van der Waals surface area (Å²) in [5.41, 5.74) is 7.56. The number of aromatic nitrogens is 1. The molecule has 0 radical (unpaired) electrons. The first-order valence-corrected chi connectivity index (χ1v) is 13.5. The Morgan fingerprint density at radius 2 is 1.89 bits per heavy atom. The molecule has 2 fully saturated rings. The van der Waals surface area contributed by atoms with Crippen molar-refractivity contribution >= 4 is 23.2 Å². The summed E-state index contributed by atoms with van der Waals surface area (Å²) in [5.74, 6) is 1.33. The summed E-state index contributed by atoms with van der Waals surface area (Å²) >= 11 is 1.43. The zero-order chi connectivity index (χ0) is 25.8. The van der Waals surface area contributed by atoms with Crippen LogP contribution in [0.3, 0.4) is 0 Å². The first-order chi connectivity index (χ1) is 17.9. The maximum absolute atomic E-state index is 12.3. The summed E-state index contributed by atoms with van der Waals surface area (Å²) < 4.78 is 5.89. The maximum Gasteiger partial charge on any atom is 0.261 e. The number of carbonyl (C=O) groups is 2. The van der Waals surface area contributed by atoms with Crippen LogP contribution >= 0.6 is 11.3 Å². The van der Waals surface area contributed by atoms with Crippen molar-refractivity contribution in [3.8, 4) is 22.8 Å². The van der Waals surface area contributed by atoms with Gasteiger partial charge in [0, 0.05) is 37.7 Å². The first-order valence-electron chi connectivity index (χ1n) is 12.7. The number of nitrogens with two attached hydrogens (primary N) is 1. The van der Waals surface area contributed by atoms with Gasteiger partial charge in [0.1, 0.15) is 16.4 Å². The van der Waals surface area contributed by atoms with E-state index >= 15 is 0 Å². The molecule has 8 heteroatoms. The molecule has 2 amide bonds. The molecule has 2 heterocycles. The number of benzene rings is 2. The molecule has 37 heavy (non-hydrogen) atoms. The number of ether oxygens (including phenoxy) is 1. The lowest BCUT2D eigenvalue weighted by Gasteiger charge is -2.52. The number of hydrogen-bond acceptors (Lipinski definition) is 6. The van der Waals surface area contributed by atoms with E-state index in [0.29, 0.717) is 21.9 Å². The van der Waals surface area contributed by atoms with E-state index in [4.69, 9.17) is 15.5 Å². The number of thiazole rings is 1. The van der Waals surface area contributed by atoms with Crippen LogP contribution in [0.4, 0.5) is 0 Å². The van der Waals surface area contributed by atoms with E-state index in [1.54, 1.807) is 13.1 Å². The zero-order valence-corrected chi connectivity index (χ0v) is 21.8. The number of nitrogens with zero attached hydrogens (tertiary/aromatic N) is 2. The van der Waals surface area contributed by atoms with Gasteiger partial charge in [-0.05, 0) is 74.0 Å². The molecule has 0 unspecified atom stereocenters. The van der Waals surface area contributed by atoms with Gasteiger partial charge in [-0.1, -0.05) is 24.3 Å². The van der Waals surface area contributed by atoms with E-state index in [9.17, 15) is 9.59 Å². The lowest BCUT2D eigenvalue weighted by atomic mass is 9.58. The van der Waals surface area contributed by atoms with Gasteiger partial charge in [-0.2, -0.15) is 0 Å². The lowest BCUT2D eigenvalue weighted by Crippen LogP contribution is -2.49. The number of nitrogens with one attached hydrogen (secondary N) is 1. The van der Waals surface area contributed by atoms with E-state index in [1.165, 1.54) is 17.8 Å². The number of rotatable bonds is 8. The van der Waals surface area contributed by atoms with Crippen molar-refractivity contribution in [2.45, 2.75) is 31.6 Å². The Labute approximate surface area is 221 Å². The van der Waals surface area contributed by atoms with Gasteiger partial charge in [0.15, 0.2) is 0 Å². The van der Waals surface area contributed by atoms with E-state index < -0.39 is 5.91 Å². The topological polar surface area (TPSA) is 97.6 Å². The molecule has 0 atom stereocenters. The third-order valence-electron chi connectivity index (χ3n) is 7.30. The Balaban J connectivity index is 1.26. The number of likely N-dealkylation sites (tertiary alicyclic amines) is 1. The molecule has 192 valence electrons. The SMILES string of the molecule is CNC(=O)/C=C/CN1CCCC2(CC(c3nc(-c4ccc(Oc5ccccc5)cc4)c(C(N)=O)s3)C2)C1. The molecule has 0 bridgehead atoms. The van der Waals surface area contributed by atoms with Crippen molar-refractivity contribution in [3.63, 3.8) is 0 Å². The zero-order valence-electron chi connectivity index (χ0n) is 21.0. The summed E-state index contributed by atoms with van der Waals surface area (Å²) in [6.45, 7) is 2.88. The minimum absolute atomic E-state index is 0.0707. The molecule has 1 aliphatic carbocycles. The van der Waals surface area contributed by atoms with Crippen LogP contribution in [0.1, 0.15) is 46.3 Å². The number of hydrogen-bond donors (Lipinski definition) is 2. The van der Waals surface area contributed by atoms with E-state index in [2.05, 4.69) is 10.2 Å². The molecule has 5 rings (SSSR count). The van der Waals surface area contributed by atoms with E-state index in [0.717, 1.165) is 61.0 Å². The minimum Gasteiger partial charge on any atom is -0.457 e. The van der Waals surface area contributed by atoms with Gasteiger partial charge < -0.3 is 15.8 Å². The van der Waals surface area contributed by atoms with Crippen LogP contribution in [0.15, 0.2) is 66.7 Å². The predicted molar refractivity (Wildman–Crippen MR) is 146 cm³/mol. The second kappa shape index (κ2) is 10.9. The summed E-state index contributed by atoms with van der Waals surface area (Å²) in [5, 5.41) is 3.61. The molecular formula is C29H32N4O3S. The van der Waals surface area contributed by atoms with Crippen molar-refractivity contribution in [1.29, 1.82) is 0 Å². The molecular weight excluding hydrogens is 484 g/mol. The second-order valence-corrected chi connectivity index (χ2v) is 11.0. The highest BCUT2D eigenvalue weighted by atomic mass is 32.1. The molecule has 3 aromatic rings. The van der Waals surface area contributed by atoms with Crippen LogP contribution in [0, 0.1) is 5.41 Å². The third kappa shape index (κ3) is 5.76. The highest BCUT2D eigenvalue weighted by Gasteiger charge is 2.48. The highest BCUT2D eigenvalue weighted by Crippen LogP contribution is 2.56. The highest BCUT2D eigenvalue weighted by molar-refractivity contribution is 7.14. The van der Waals surface area contributed by atoms with Crippen molar-refractivity contribution < 1.29 is 14.3 Å². The van der Waals surface area contributed by atoms with Crippen LogP contribution in [-0.2, 0) is 4.79 Å². The molecule has 1 saturated heterocycles. The fourth-order valence-corrected chi connectivity index (χ4v) is 6.57. The Kier molecular flexibility index (Phi) is 7.39. The lowest BCUT2D eigenvalue weighted by molar-refractivity contribution is -0.116. The second-order valence-electron chi connectivity index (χ2n) is 9.99. The van der Waals surface area contributed by atoms with Gasteiger partial charge in [-0.3, -0.25) is 14.5 Å². The van der Waals surface area contributed by atoms with E-state index in [-0.39, 0.29) is 5.91 Å². The molecule has 1 saturated carbocycles. The van der Waals surface area contributed by atoms with Gasteiger partial charge in [-0.15, -0.1) is 11.3 Å². The first kappa shape index (κ1) is 25.2. The van der Waals surface area contributed by atoms with Crippen LogP contribution in [0.2, 0.25) is 0 Å². The molecule has 7 nitrogen and oxygen atoms in total. The Morgan fingerprint density at radius 3 is 2.59 bits per heavy atom. The predicted octanol–water partition coefficient (Wildman–Crippen LogP) is 4.96. The number of amides is 2. The quantitative estimate of drug-likeness (QED) is 0.412.